The van der Waals surface area contributed by atoms with Gasteiger partial charge in [-0.25, -0.2) is 0 Å². The van der Waals surface area contributed by atoms with Gasteiger partial charge in [-0.3, -0.25) is 4.79 Å². The molecular weight excluding hydrogens is 252 g/mol. The summed E-state index contributed by atoms with van der Waals surface area (Å²) < 4.78 is 5.45. The fraction of sp³-hybridized carbons (Fsp3) is 0.562. The van der Waals surface area contributed by atoms with Gasteiger partial charge in [-0.2, -0.15) is 0 Å². The van der Waals surface area contributed by atoms with Gasteiger partial charge in [0, 0.05) is 19.6 Å². The molecule has 2 atom stereocenters. The number of carbonyl (C=O) groups excluding carboxylic acids is 1. The Kier molecular flexibility index (Phi) is 5.15. The van der Waals surface area contributed by atoms with Crippen LogP contribution in [0.3, 0.4) is 0 Å². The van der Waals surface area contributed by atoms with Crippen LogP contribution in [0.2, 0.25) is 0 Å². The highest BCUT2D eigenvalue weighted by atomic mass is 16.5. The van der Waals surface area contributed by atoms with E-state index in [0.717, 1.165) is 12.1 Å². The van der Waals surface area contributed by atoms with Gasteiger partial charge in [-0.15, -0.1) is 0 Å². The molecule has 110 valence electrons. The van der Waals surface area contributed by atoms with E-state index in [1.807, 2.05) is 7.05 Å². The first-order chi connectivity index (χ1) is 9.61. The van der Waals surface area contributed by atoms with Crippen LogP contribution >= 0.6 is 0 Å². The van der Waals surface area contributed by atoms with Crippen LogP contribution in [0.4, 0.5) is 0 Å². The molecule has 0 spiro atoms. The molecule has 1 aliphatic heterocycles. The maximum Gasteiger partial charge on any atom is 0.229 e. The summed E-state index contributed by atoms with van der Waals surface area (Å²) in [7, 11) is 1.86. The molecule has 0 bridgehead atoms. The summed E-state index contributed by atoms with van der Waals surface area (Å²) in [6.07, 6.45) is 0. The van der Waals surface area contributed by atoms with Crippen molar-refractivity contribution in [1.29, 1.82) is 0 Å². The van der Waals surface area contributed by atoms with Gasteiger partial charge < -0.3 is 15.0 Å². The molecule has 0 radical (unpaired) electrons. The Balaban J connectivity index is 1.96. The fourth-order valence-electron chi connectivity index (χ4n) is 2.59. The maximum atomic E-state index is 12.5. The first-order valence-corrected chi connectivity index (χ1v) is 7.23. The quantitative estimate of drug-likeness (QED) is 0.888. The molecular formula is C16H24N2O2. The molecule has 4 nitrogen and oxygen atoms in total. The molecule has 0 aliphatic carbocycles. The smallest absolute Gasteiger partial charge is 0.229 e. The first kappa shape index (κ1) is 15.0. The van der Waals surface area contributed by atoms with E-state index < -0.39 is 0 Å². The number of nitrogens with one attached hydrogen (secondary N) is 1. The van der Waals surface area contributed by atoms with Crippen LogP contribution in [0.1, 0.15) is 18.1 Å². The number of rotatable bonds is 5. The van der Waals surface area contributed by atoms with Gasteiger partial charge in [-0.1, -0.05) is 36.8 Å². The van der Waals surface area contributed by atoms with Gasteiger partial charge in [0.1, 0.15) is 0 Å². The minimum atomic E-state index is -0.0644. The lowest BCUT2D eigenvalue weighted by Crippen LogP contribution is -2.44. The zero-order valence-electron chi connectivity index (χ0n) is 12.6. The Morgan fingerprint density at radius 1 is 1.35 bits per heavy atom. The van der Waals surface area contributed by atoms with Crippen molar-refractivity contribution in [2.45, 2.75) is 26.4 Å². The normalized spacial score (nSPS) is 21.9. The molecule has 20 heavy (non-hydrogen) atoms. The zero-order valence-corrected chi connectivity index (χ0v) is 12.6. The second kappa shape index (κ2) is 6.86. The minimum Gasteiger partial charge on any atom is -0.379 e. The number of nitrogens with zero attached hydrogens (tertiary/aromatic N) is 1. The molecule has 1 aromatic carbocycles. The van der Waals surface area contributed by atoms with Gasteiger partial charge in [0.25, 0.3) is 0 Å². The highest BCUT2D eigenvalue weighted by molar-refractivity contribution is 5.79. The van der Waals surface area contributed by atoms with Gasteiger partial charge in [0.2, 0.25) is 5.91 Å². The summed E-state index contributed by atoms with van der Waals surface area (Å²) in [4.78, 5) is 14.3. The van der Waals surface area contributed by atoms with Crippen LogP contribution in [-0.2, 0) is 16.1 Å². The van der Waals surface area contributed by atoms with Crippen molar-refractivity contribution >= 4 is 5.91 Å². The predicted octanol–water partition coefficient (Wildman–Crippen LogP) is 1.58. The zero-order chi connectivity index (χ0) is 14.5. The van der Waals surface area contributed by atoms with Crippen LogP contribution in [-0.4, -0.2) is 43.7 Å². The summed E-state index contributed by atoms with van der Waals surface area (Å²) in [6, 6.07) is 8.45. The maximum absolute atomic E-state index is 12.5. The van der Waals surface area contributed by atoms with Crippen molar-refractivity contribution in [2.24, 2.45) is 5.92 Å². The SMILES string of the molecule is CCNC1COCC1C(=O)N(C)Cc1ccc(C)cc1. The van der Waals surface area contributed by atoms with Crippen LogP contribution in [0.5, 0.6) is 0 Å². The predicted molar refractivity (Wildman–Crippen MR) is 79.4 cm³/mol. The van der Waals surface area contributed by atoms with E-state index in [1.165, 1.54) is 5.56 Å². The van der Waals surface area contributed by atoms with E-state index in [2.05, 4.69) is 43.4 Å². The largest absolute Gasteiger partial charge is 0.379 e. The van der Waals surface area contributed by atoms with Gasteiger partial charge in [0.05, 0.1) is 19.1 Å². The molecule has 1 aromatic rings. The van der Waals surface area contributed by atoms with E-state index in [0.29, 0.717) is 19.8 Å². The number of benzene rings is 1. The molecule has 0 saturated carbocycles. The lowest BCUT2D eigenvalue weighted by atomic mass is 10.0. The summed E-state index contributed by atoms with van der Waals surface area (Å²) in [6.45, 7) is 6.77. The number of carbonyl (C=O) groups is 1. The summed E-state index contributed by atoms with van der Waals surface area (Å²) in [5, 5.41) is 3.33. The standard InChI is InChI=1S/C16H24N2O2/c1-4-17-15-11-20-10-14(15)16(19)18(3)9-13-7-5-12(2)6-8-13/h5-8,14-15,17H,4,9-11H2,1-3H3. The first-order valence-electron chi connectivity index (χ1n) is 7.23. The molecule has 1 amide bonds. The highest BCUT2D eigenvalue weighted by Crippen LogP contribution is 2.17. The Morgan fingerprint density at radius 3 is 2.70 bits per heavy atom. The van der Waals surface area contributed by atoms with Gasteiger partial charge >= 0.3 is 0 Å². The molecule has 1 heterocycles. The number of likely N-dealkylation sites (N-methyl/N-ethyl adjacent to an activating group) is 1. The average Bonchev–Trinajstić information content (AvgIpc) is 2.89. The van der Waals surface area contributed by atoms with Crippen molar-refractivity contribution in [1.82, 2.24) is 10.2 Å². The van der Waals surface area contributed by atoms with Crippen molar-refractivity contribution in [3.63, 3.8) is 0 Å². The molecule has 1 saturated heterocycles. The lowest BCUT2D eigenvalue weighted by molar-refractivity contribution is -0.135. The van der Waals surface area contributed by atoms with Crippen LogP contribution < -0.4 is 5.32 Å². The monoisotopic (exact) mass is 276 g/mol. The molecule has 2 rings (SSSR count). The van der Waals surface area contributed by atoms with E-state index in [1.54, 1.807) is 4.90 Å². The van der Waals surface area contributed by atoms with Crippen molar-refractivity contribution in [3.8, 4) is 0 Å². The highest BCUT2D eigenvalue weighted by Gasteiger charge is 2.35. The number of ether oxygens (including phenoxy) is 1. The third-order valence-electron chi connectivity index (χ3n) is 3.78. The van der Waals surface area contributed by atoms with Crippen LogP contribution in [0.25, 0.3) is 0 Å². The van der Waals surface area contributed by atoms with Crippen LogP contribution in [0, 0.1) is 12.8 Å². The molecule has 0 aromatic heterocycles. The Hall–Kier alpha value is -1.39. The van der Waals surface area contributed by atoms with E-state index >= 15 is 0 Å². The van der Waals surface area contributed by atoms with Crippen molar-refractivity contribution in [3.05, 3.63) is 35.4 Å². The average molecular weight is 276 g/mol. The summed E-state index contributed by atoms with van der Waals surface area (Å²) in [5.41, 5.74) is 2.39. The van der Waals surface area contributed by atoms with Gasteiger partial charge in [-0.05, 0) is 19.0 Å². The van der Waals surface area contributed by atoms with Crippen LogP contribution in [0.15, 0.2) is 24.3 Å². The molecule has 1 fully saturated rings. The molecule has 4 heteroatoms. The number of hydrogen-bond donors (Lipinski definition) is 1. The minimum absolute atomic E-state index is 0.0644. The van der Waals surface area contributed by atoms with E-state index in [-0.39, 0.29) is 17.9 Å². The van der Waals surface area contributed by atoms with E-state index in [4.69, 9.17) is 4.74 Å². The molecule has 1 N–H and O–H groups in total. The van der Waals surface area contributed by atoms with Crippen molar-refractivity contribution < 1.29 is 9.53 Å². The van der Waals surface area contributed by atoms with E-state index in [9.17, 15) is 4.79 Å². The van der Waals surface area contributed by atoms with Gasteiger partial charge in [0.15, 0.2) is 0 Å². The number of hydrogen-bond acceptors (Lipinski definition) is 3. The fourth-order valence-corrected chi connectivity index (χ4v) is 2.59. The third kappa shape index (κ3) is 3.58. The Bertz CT molecular complexity index is 444. The Morgan fingerprint density at radius 2 is 2.05 bits per heavy atom. The third-order valence-corrected chi connectivity index (χ3v) is 3.78. The number of aryl methyl sites for hydroxylation is 1. The molecule has 2 unspecified atom stereocenters. The summed E-state index contributed by atoms with van der Waals surface area (Å²) >= 11 is 0. The Labute approximate surface area is 121 Å². The number of amides is 1. The summed E-state index contributed by atoms with van der Waals surface area (Å²) in [5.74, 6) is 0.0967. The second-order valence-corrected chi connectivity index (χ2v) is 5.49. The second-order valence-electron chi connectivity index (χ2n) is 5.49. The molecule has 1 aliphatic rings. The topological polar surface area (TPSA) is 41.6 Å². The van der Waals surface area contributed by atoms with Crippen molar-refractivity contribution in [2.75, 3.05) is 26.8 Å². The lowest BCUT2D eigenvalue weighted by Gasteiger charge is -2.24.